The van der Waals surface area contributed by atoms with Gasteiger partial charge in [0.25, 0.3) is 0 Å². The highest BCUT2D eigenvalue weighted by Gasteiger charge is 2.28. The van der Waals surface area contributed by atoms with Gasteiger partial charge >= 0.3 is 23.9 Å². The molecule has 0 saturated heterocycles. The van der Waals surface area contributed by atoms with E-state index >= 15 is 0 Å². The summed E-state index contributed by atoms with van der Waals surface area (Å²) in [5, 5.41) is 36.6. The number of hydrogen-bond donors (Lipinski definition) is 4. The molecule has 10 nitrogen and oxygen atoms in total. The fourth-order valence-corrected chi connectivity index (χ4v) is 5.84. The second kappa shape index (κ2) is 13.4. The van der Waals surface area contributed by atoms with Gasteiger partial charge in [-0.05, 0) is 59.9 Å². The van der Waals surface area contributed by atoms with Crippen molar-refractivity contribution in [3.63, 3.8) is 0 Å². The number of carboxylic acid groups (broad SMARTS) is 4. The Morgan fingerprint density at radius 1 is 0.595 bits per heavy atom. The first-order chi connectivity index (χ1) is 19.9. The first-order valence-corrected chi connectivity index (χ1v) is 13.9. The number of carboxylic acids is 4. The fraction of sp³-hybridized carbons (Fsp3) is 0.0968. The topological polar surface area (TPSA) is 183 Å². The smallest absolute Gasteiger partial charge is 0.337 e. The Kier molecular flexibility index (Phi) is 9.95. The van der Waals surface area contributed by atoms with Crippen molar-refractivity contribution in [2.24, 2.45) is 0 Å². The summed E-state index contributed by atoms with van der Waals surface area (Å²) in [6, 6.07) is 24.2. The third kappa shape index (κ3) is 7.07. The minimum atomic E-state index is -4.11. The maximum absolute atomic E-state index is 12.5. The van der Waals surface area contributed by atoms with Crippen LogP contribution < -0.4 is 0 Å². The molecule has 0 saturated carbocycles. The van der Waals surface area contributed by atoms with E-state index in [2.05, 4.69) is 0 Å². The van der Waals surface area contributed by atoms with Crippen molar-refractivity contribution in [1.29, 1.82) is 0 Å². The maximum atomic E-state index is 12.5. The summed E-state index contributed by atoms with van der Waals surface area (Å²) in [5.41, 5.74) is 0.631. The molecule has 0 fully saturated rings. The molecule has 4 aromatic rings. The van der Waals surface area contributed by atoms with Crippen LogP contribution in [0, 0.1) is 0 Å². The number of aromatic carboxylic acids is 4. The molecule has 0 amide bonds. The average Bonchev–Trinajstić information content (AvgIpc) is 2.97. The molecule has 4 aromatic carbocycles. The molecule has 0 aliphatic rings. The summed E-state index contributed by atoms with van der Waals surface area (Å²) in [4.78, 5) is 44.2. The van der Waals surface area contributed by atoms with Gasteiger partial charge < -0.3 is 20.4 Å². The highest BCUT2D eigenvalue weighted by Crippen LogP contribution is 2.27. The molecule has 0 spiro atoms. The van der Waals surface area contributed by atoms with E-state index in [-0.39, 0.29) is 21.9 Å². The Balaban J connectivity index is 0.000000230. The van der Waals surface area contributed by atoms with Gasteiger partial charge in [-0.1, -0.05) is 67.6 Å². The highest BCUT2D eigenvalue weighted by atomic mass is 32.2. The van der Waals surface area contributed by atoms with Gasteiger partial charge in [0.05, 0.1) is 32.0 Å². The van der Waals surface area contributed by atoms with Crippen molar-refractivity contribution >= 4 is 33.7 Å². The van der Waals surface area contributed by atoms with Crippen molar-refractivity contribution in [1.82, 2.24) is 0 Å². The van der Waals surface area contributed by atoms with Gasteiger partial charge in [-0.2, -0.15) is 0 Å². The van der Waals surface area contributed by atoms with Gasteiger partial charge in [0.15, 0.2) is 0 Å². The van der Waals surface area contributed by atoms with Crippen LogP contribution in [-0.2, 0) is 16.3 Å². The summed E-state index contributed by atoms with van der Waals surface area (Å²) in [5.74, 6) is -5.13. The van der Waals surface area contributed by atoms with Crippen LogP contribution in [0.4, 0.5) is 0 Å². The van der Waals surface area contributed by atoms with E-state index in [1.165, 1.54) is 30.3 Å². The second-order valence-corrected chi connectivity index (χ2v) is 11.0. The molecular formula is C31H26O10S. The number of benzene rings is 4. The van der Waals surface area contributed by atoms with Crippen molar-refractivity contribution in [3.8, 4) is 0 Å². The summed E-state index contributed by atoms with van der Waals surface area (Å²) in [7, 11) is -4.11. The lowest BCUT2D eigenvalue weighted by molar-refractivity contribution is 0.0648. The average molecular weight is 591 g/mol. The monoisotopic (exact) mass is 590 g/mol. The van der Waals surface area contributed by atoms with Gasteiger partial charge in [-0.25, -0.2) is 27.6 Å². The molecule has 0 heterocycles. The van der Waals surface area contributed by atoms with Gasteiger partial charge in [-0.15, -0.1) is 0 Å². The second-order valence-electron chi connectivity index (χ2n) is 9.07. The van der Waals surface area contributed by atoms with Crippen molar-refractivity contribution < 1.29 is 48.0 Å². The molecule has 216 valence electrons. The third-order valence-electron chi connectivity index (χ3n) is 6.31. The van der Waals surface area contributed by atoms with E-state index < -0.39 is 49.7 Å². The zero-order valence-corrected chi connectivity index (χ0v) is 23.0. The van der Waals surface area contributed by atoms with E-state index in [1.807, 2.05) is 6.92 Å². The standard InChI is InChI=1S/C17H16O4.C14H10O6S/c1-11(13-7-4-5-9-15(13)17(20)21)10-12-6-2-3-8-14(12)16(18)19;15-13(16)10-7-4-8-11(12(10)14(17)18)21(19,20)9-5-2-1-3-6-9/h2-9,11H,10H2,1H3,(H,18,19)(H,20,21);1-8H,(H,15,16)(H,17,18). The number of sulfone groups is 1. The van der Waals surface area contributed by atoms with Crippen LogP contribution in [0.3, 0.4) is 0 Å². The van der Waals surface area contributed by atoms with E-state index in [1.54, 1.807) is 54.6 Å². The zero-order valence-electron chi connectivity index (χ0n) is 22.2. The lowest BCUT2D eigenvalue weighted by Crippen LogP contribution is -2.15. The van der Waals surface area contributed by atoms with Crippen LogP contribution in [0.25, 0.3) is 0 Å². The normalized spacial score (nSPS) is 11.5. The summed E-state index contributed by atoms with van der Waals surface area (Å²) >= 11 is 0. The number of rotatable bonds is 9. The first kappa shape index (κ1) is 31.2. The molecule has 0 bridgehead atoms. The van der Waals surface area contributed by atoms with Crippen LogP contribution in [0.1, 0.15) is 65.4 Å². The van der Waals surface area contributed by atoms with Crippen molar-refractivity contribution in [2.45, 2.75) is 29.1 Å². The minimum Gasteiger partial charge on any atom is -0.478 e. The van der Waals surface area contributed by atoms with E-state index in [0.717, 1.165) is 12.1 Å². The van der Waals surface area contributed by atoms with Gasteiger partial charge in [-0.3, -0.25) is 0 Å². The Morgan fingerprint density at radius 2 is 1.10 bits per heavy atom. The first-order valence-electron chi connectivity index (χ1n) is 12.4. The third-order valence-corrected chi connectivity index (χ3v) is 8.12. The van der Waals surface area contributed by atoms with Gasteiger partial charge in [0, 0.05) is 0 Å². The Morgan fingerprint density at radius 3 is 1.67 bits per heavy atom. The lowest BCUT2D eigenvalue weighted by Gasteiger charge is -2.16. The number of hydrogen-bond acceptors (Lipinski definition) is 6. The zero-order chi connectivity index (χ0) is 31.0. The Bertz CT molecular complexity index is 1740. The molecule has 0 aliphatic heterocycles. The fourth-order valence-electron chi connectivity index (χ4n) is 4.35. The van der Waals surface area contributed by atoms with Crippen molar-refractivity contribution in [3.05, 3.63) is 130 Å². The van der Waals surface area contributed by atoms with Crippen LogP contribution >= 0.6 is 0 Å². The molecule has 4 rings (SSSR count). The van der Waals surface area contributed by atoms with E-state index in [0.29, 0.717) is 17.5 Å². The predicted molar refractivity (Wildman–Crippen MR) is 151 cm³/mol. The quantitative estimate of drug-likeness (QED) is 0.198. The van der Waals surface area contributed by atoms with Crippen LogP contribution in [-0.4, -0.2) is 52.7 Å². The Hall–Kier alpha value is -5.29. The SMILES string of the molecule is CC(Cc1ccccc1C(=O)O)c1ccccc1C(=O)O.O=C(O)c1cccc(S(=O)(=O)c2ccccc2)c1C(=O)O. The summed E-state index contributed by atoms with van der Waals surface area (Å²) < 4.78 is 25.0. The van der Waals surface area contributed by atoms with Crippen LogP contribution in [0.15, 0.2) is 107 Å². The molecular weight excluding hydrogens is 564 g/mol. The van der Waals surface area contributed by atoms with Gasteiger partial charge in [0.2, 0.25) is 9.84 Å². The maximum Gasteiger partial charge on any atom is 0.337 e. The minimum absolute atomic E-state index is 0.0854. The molecule has 0 radical (unpaired) electrons. The Labute approximate surface area is 241 Å². The molecule has 4 N–H and O–H groups in total. The summed E-state index contributed by atoms with van der Waals surface area (Å²) in [6.45, 7) is 1.90. The van der Waals surface area contributed by atoms with Crippen molar-refractivity contribution in [2.75, 3.05) is 0 Å². The van der Waals surface area contributed by atoms with Crippen LogP contribution in [0.2, 0.25) is 0 Å². The largest absolute Gasteiger partial charge is 0.478 e. The van der Waals surface area contributed by atoms with Crippen LogP contribution in [0.5, 0.6) is 0 Å². The van der Waals surface area contributed by atoms with E-state index in [4.69, 9.17) is 5.11 Å². The molecule has 0 aromatic heterocycles. The molecule has 11 heteroatoms. The van der Waals surface area contributed by atoms with E-state index in [9.17, 15) is 42.9 Å². The lowest BCUT2D eigenvalue weighted by atomic mass is 9.88. The summed E-state index contributed by atoms with van der Waals surface area (Å²) in [6.07, 6.45) is 0.479. The molecule has 1 unspecified atom stereocenters. The number of carbonyl (C=O) groups is 4. The molecule has 0 aliphatic carbocycles. The molecule has 1 atom stereocenters. The van der Waals surface area contributed by atoms with Gasteiger partial charge in [0.1, 0.15) is 0 Å². The highest BCUT2D eigenvalue weighted by molar-refractivity contribution is 7.91. The molecule has 42 heavy (non-hydrogen) atoms. The predicted octanol–water partition coefficient (Wildman–Crippen LogP) is 5.35.